The predicted molar refractivity (Wildman–Crippen MR) is 85.3 cm³/mol. The third kappa shape index (κ3) is 3.28. The van der Waals surface area contributed by atoms with Gasteiger partial charge in [-0.05, 0) is 36.1 Å². The molecule has 0 atom stereocenters. The van der Waals surface area contributed by atoms with Crippen molar-refractivity contribution < 1.29 is 9.53 Å². The topological polar surface area (TPSA) is 26.3 Å². The van der Waals surface area contributed by atoms with E-state index in [0.29, 0.717) is 12.2 Å². The first-order chi connectivity index (χ1) is 9.77. The molecular weight excluding hydrogens is 316 g/mol. The highest BCUT2D eigenvalue weighted by Crippen LogP contribution is 2.28. The van der Waals surface area contributed by atoms with Crippen LogP contribution in [-0.4, -0.2) is 17.9 Å². The van der Waals surface area contributed by atoms with Crippen LogP contribution in [0.2, 0.25) is 0 Å². The van der Waals surface area contributed by atoms with Gasteiger partial charge in [-0.2, -0.15) is 0 Å². The average molecular weight is 333 g/mol. The molecule has 20 heavy (non-hydrogen) atoms. The maximum absolute atomic E-state index is 12.1. The van der Waals surface area contributed by atoms with Gasteiger partial charge in [-0.25, -0.2) is 4.79 Å². The first-order valence-corrected chi connectivity index (χ1v) is 7.80. The third-order valence-corrected chi connectivity index (χ3v) is 3.49. The van der Waals surface area contributed by atoms with Crippen molar-refractivity contribution in [2.24, 2.45) is 0 Å². The molecule has 0 heterocycles. The number of rotatable bonds is 5. The lowest BCUT2D eigenvalue weighted by Gasteiger charge is -2.12. The molecule has 3 heteroatoms. The zero-order valence-corrected chi connectivity index (χ0v) is 13.0. The van der Waals surface area contributed by atoms with Crippen molar-refractivity contribution in [1.29, 1.82) is 0 Å². The number of carbonyl (C=O) groups is 1. The molecule has 0 N–H and O–H groups in total. The van der Waals surface area contributed by atoms with Gasteiger partial charge in [-0.3, -0.25) is 0 Å². The molecule has 0 aliphatic carbocycles. The van der Waals surface area contributed by atoms with Crippen LogP contribution >= 0.6 is 15.9 Å². The van der Waals surface area contributed by atoms with Crippen LogP contribution in [0.1, 0.15) is 22.8 Å². The van der Waals surface area contributed by atoms with E-state index in [2.05, 4.69) is 28.1 Å². The Bertz CT molecular complexity index is 593. The molecule has 0 aromatic heterocycles. The molecule has 0 amide bonds. The van der Waals surface area contributed by atoms with E-state index >= 15 is 0 Å². The third-order valence-electron chi connectivity index (χ3n) is 3.09. The molecule has 0 bridgehead atoms. The lowest BCUT2D eigenvalue weighted by atomic mass is 9.94. The maximum Gasteiger partial charge on any atom is 0.338 e. The van der Waals surface area contributed by atoms with Gasteiger partial charge >= 0.3 is 5.97 Å². The molecule has 2 aromatic rings. The Balaban J connectivity index is 2.50. The smallest absolute Gasteiger partial charge is 0.338 e. The molecule has 0 aliphatic rings. The second-order valence-corrected chi connectivity index (χ2v) is 5.16. The van der Waals surface area contributed by atoms with Gasteiger partial charge in [0.15, 0.2) is 0 Å². The molecule has 0 radical (unpaired) electrons. The molecule has 0 fully saturated rings. The van der Waals surface area contributed by atoms with E-state index in [-0.39, 0.29) is 5.97 Å². The van der Waals surface area contributed by atoms with Crippen molar-refractivity contribution in [3.05, 3.63) is 59.7 Å². The minimum absolute atomic E-state index is 0.267. The number of halogens is 1. The molecule has 0 spiro atoms. The van der Waals surface area contributed by atoms with Crippen molar-refractivity contribution >= 4 is 21.9 Å². The normalized spacial score (nSPS) is 10.3. The average Bonchev–Trinajstić information content (AvgIpc) is 2.48. The summed E-state index contributed by atoms with van der Waals surface area (Å²) in [7, 11) is 0. The Hall–Kier alpha value is -1.61. The van der Waals surface area contributed by atoms with Crippen LogP contribution < -0.4 is 0 Å². The summed E-state index contributed by atoms with van der Waals surface area (Å²) in [5.41, 5.74) is 3.87. The summed E-state index contributed by atoms with van der Waals surface area (Å²) >= 11 is 3.47. The molecule has 2 rings (SSSR count). The fraction of sp³-hybridized carbons (Fsp3) is 0.235. The second kappa shape index (κ2) is 7.25. The van der Waals surface area contributed by atoms with Gasteiger partial charge in [-0.15, -0.1) is 0 Å². The molecule has 0 unspecified atom stereocenters. The number of aryl methyl sites for hydroxylation is 1. The van der Waals surface area contributed by atoms with E-state index in [9.17, 15) is 4.79 Å². The van der Waals surface area contributed by atoms with E-state index in [4.69, 9.17) is 4.74 Å². The molecule has 0 saturated heterocycles. The van der Waals surface area contributed by atoms with E-state index in [1.807, 2.05) is 43.3 Å². The summed E-state index contributed by atoms with van der Waals surface area (Å²) in [4.78, 5) is 12.1. The first-order valence-electron chi connectivity index (χ1n) is 6.68. The largest absolute Gasteiger partial charge is 0.462 e. The summed E-state index contributed by atoms with van der Waals surface area (Å²) in [6, 6.07) is 15.8. The fourth-order valence-corrected chi connectivity index (χ4v) is 2.63. The summed E-state index contributed by atoms with van der Waals surface area (Å²) in [6.45, 7) is 2.20. The minimum Gasteiger partial charge on any atom is -0.462 e. The molecule has 2 aromatic carbocycles. The number of benzene rings is 2. The van der Waals surface area contributed by atoms with Crippen molar-refractivity contribution in [1.82, 2.24) is 0 Å². The summed E-state index contributed by atoms with van der Waals surface area (Å²) in [6.07, 6.45) is 0.924. The molecule has 0 aliphatic heterocycles. The quantitative estimate of drug-likeness (QED) is 0.596. The van der Waals surface area contributed by atoms with Crippen LogP contribution in [0.4, 0.5) is 0 Å². The van der Waals surface area contributed by atoms with Crippen LogP contribution in [-0.2, 0) is 11.2 Å². The van der Waals surface area contributed by atoms with E-state index in [1.54, 1.807) is 0 Å². The first kappa shape index (κ1) is 14.8. The second-order valence-electron chi connectivity index (χ2n) is 4.36. The highest BCUT2D eigenvalue weighted by molar-refractivity contribution is 9.09. The lowest BCUT2D eigenvalue weighted by Crippen LogP contribution is -2.07. The van der Waals surface area contributed by atoms with Crippen molar-refractivity contribution in [3.8, 4) is 11.1 Å². The van der Waals surface area contributed by atoms with Gasteiger partial charge in [0.25, 0.3) is 0 Å². The lowest BCUT2D eigenvalue weighted by molar-refractivity contribution is 0.0527. The Morgan fingerprint density at radius 2 is 1.70 bits per heavy atom. The van der Waals surface area contributed by atoms with E-state index < -0.39 is 0 Å². The Morgan fingerprint density at radius 3 is 2.40 bits per heavy atom. The van der Waals surface area contributed by atoms with Gasteiger partial charge in [0.1, 0.15) is 0 Å². The fourth-order valence-electron chi connectivity index (χ4n) is 2.21. The molecular formula is C17H17BrO2. The van der Waals surface area contributed by atoms with Gasteiger partial charge in [0.05, 0.1) is 12.2 Å². The van der Waals surface area contributed by atoms with Crippen molar-refractivity contribution in [2.75, 3.05) is 11.9 Å². The molecule has 2 nitrogen and oxygen atoms in total. The minimum atomic E-state index is -0.267. The van der Waals surface area contributed by atoms with Crippen molar-refractivity contribution in [3.63, 3.8) is 0 Å². The SMILES string of the molecule is CCOC(=O)c1ccccc1-c1ccccc1CCBr. The van der Waals surface area contributed by atoms with Gasteiger partial charge in [0.2, 0.25) is 0 Å². The van der Waals surface area contributed by atoms with Crippen LogP contribution in [0.3, 0.4) is 0 Å². The maximum atomic E-state index is 12.1. The van der Waals surface area contributed by atoms with Gasteiger partial charge in [-0.1, -0.05) is 58.4 Å². The van der Waals surface area contributed by atoms with Gasteiger partial charge < -0.3 is 4.74 Å². The molecule has 104 valence electrons. The van der Waals surface area contributed by atoms with Gasteiger partial charge in [0, 0.05) is 5.33 Å². The Kier molecular flexibility index (Phi) is 5.36. The zero-order chi connectivity index (χ0) is 14.4. The highest BCUT2D eigenvalue weighted by Gasteiger charge is 2.14. The summed E-state index contributed by atoms with van der Waals surface area (Å²) in [5, 5.41) is 0.894. The monoisotopic (exact) mass is 332 g/mol. The standard InChI is InChI=1S/C17H17BrO2/c1-2-20-17(19)16-10-6-5-9-15(16)14-8-4-3-7-13(14)11-12-18/h3-10H,2,11-12H2,1H3. The number of carbonyl (C=O) groups excluding carboxylic acids is 1. The Labute approximate surface area is 127 Å². The number of ether oxygens (including phenoxy) is 1. The van der Waals surface area contributed by atoms with Crippen LogP contribution in [0.5, 0.6) is 0 Å². The predicted octanol–water partition coefficient (Wildman–Crippen LogP) is 4.47. The molecule has 0 saturated carbocycles. The Morgan fingerprint density at radius 1 is 1.05 bits per heavy atom. The summed E-state index contributed by atoms with van der Waals surface area (Å²) < 4.78 is 5.14. The van der Waals surface area contributed by atoms with Crippen LogP contribution in [0, 0.1) is 0 Å². The van der Waals surface area contributed by atoms with Crippen molar-refractivity contribution in [2.45, 2.75) is 13.3 Å². The number of esters is 1. The van der Waals surface area contributed by atoms with Crippen LogP contribution in [0.15, 0.2) is 48.5 Å². The van der Waals surface area contributed by atoms with E-state index in [1.165, 1.54) is 5.56 Å². The summed E-state index contributed by atoms with van der Waals surface area (Å²) in [5.74, 6) is -0.267. The highest BCUT2D eigenvalue weighted by atomic mass is 79.9. The number of hydrogen-bond acceptors (Lipinski definition) is 2. The number of alkyl halides is 1. The van der Waals surface area contributed by atoms with E-state index in [0.717, 1.165) is 22.9 Å². The zero-order valence-electron chi connectivity index (χ0n) is 11.4. The van der Waals surface area contributed by atoms with Crippen LogP contribution in [0.25, 0.3) is 11.1 Å². The number of hydrogen-bond donors (Lipinski definition) is 0.